The number of carbonyl (C=O) groups excluding carboxylic acids is 2. The minimum absolute atomic E-state index is 0.0575. The second-order valence-corrected chi connectivity index (χ2v) is 7.19. The van der Waals surface area contributed by atoms with Crippen LogP contribution in [0, 0.1) is 11.8 Å². The molecule has 0 bridgehead atoms. The van der Waals surface area contributed by atoms with Crippen molar-refractivity contribution in [2.75, 3.05) is 31.9 Å². The smallest absolute Gasteiger partial charge is 0.255 e. The number of para-hydroxylation sites is 1. The van der Waals surface area contributed by atoms with Gasteiger partial charge in [-0.1, -0.05) is 19.1 Å². The predicted molar refractivity (Wildman–Crippen MR) is 94.5 cm³/mol. The van der Waals surface area contributed by atoms with Gasteiger partial charge in [0.05, 0.1) is 11.5 Å². The van der Waals surface area contributed by atoms with Gasteiger partial charge < -0.3 is 15.5 Å². The number of benzene rings is 1. The summed E-state index contributed by atoms with van der Waals surface area (Å²) in [6.07, 6.45) is 3.92. The summed E-state index contributed by atoms with van der Waals surface area (Å²) in [5.41, 5.74) is 6.97. The molecule has 2 aliphatic heterocycles. The molecule has 2 N–H and O–H groups in total. The Morgan fingerprint density at radius 1 is 1.04 bits per heavy atom. The molecule has 0 aromatic heterocycles. The van der Waals surface area contributed by atoms with E-state index in [4.69, 9.17) is 5.73 Å². The molecule has 5 nitrogen and oxygen atoms in total. The first kappa shape index (κ1) is 16.8. The SMILES string of the molecule is CC1CCN(C(=O)[C@@H]2CCCN(C(=O)c3ccccc3N)C2)CC1. The average molecular weight is 329 g/mol. The first-order valence-electron chi connectivity index (χ1n) is 8.99. The van der Waals surface area contributed by atoms with Gasteiger partial charge in [-0.2, -0.15) is 0 Å². The van der Waals surface area contributed by atoms with Crippen LogP contribution in [0.5, 0.6) is 0 Å². The zero-order chi connectivity index (χ0) is 17.1. The summed E-state index contributed by atoms with van der Waals surface area (Å²) in [6.45, 7) is 5.17. The Labute approximate surface area is 143 Å². The lowest BCUT2D eigenvalue weighted by Crippen LogP contribution is -2.48. The number of carbonyl (C=O) groups is 2. The molecule has 2 amide bonds. The van der Waals surface area contributed by atoms with Crippen LogP contribution >= 0.6 is 0 Å². The summed E-state index contributed by atoms with van der Waals surface area (Å²) in [4.78, 5) is 29.3. The number of nitrogens with zero attached hydrogens (tertiary/aromatic N) is 2. The molecular formula is C19H27N3O2. The maximum atomic E-state index is 12.8. The molecule has 2 saturated heterocycles. The maximum absolute atomic E-state index is 12.8. The first-order chi connectivity index (χ1) is 11.6. The highest BCUT2D eigenvalue weighted by atomic mass is 16.2. The number of anilines is 1. The molecular weight excluding hydrogens is 302 g/mol. The van der Waals surface area contributed by atoms with Crippen molar-refractivity contribution in [2.24, 2.45) is 11.8 Å². The molecule has 3 rings (SSSR count). The average Bonchev–Trinajstić information content (AvgIpc) is 2.62. The predicted octanol–water partition coefficient (Wildman–Crippen LogP) is 2.38. The Kier molecular flexibility index (Phi) is 5.07. The standard InChI is InChI=1S/C19H27N3O2/c1-14-8-11-21(12-9-14)18(23)15-5-4-10-22(13-15)19(24)16-6-2-3-7-17(16)20/h2-3,6-7,14-15H,4-5,8-13,20H2,1H3/t15-/m1/s1. The van der Waals surface area contributed by atoms with Crippen LogP contribution in [0.3, 0.4) is 0 Å². The fourth-order valence-electron chi connectivity index (χ4n) is 3.71. The van der Waals surface area contributed by atoms with Crippen LogP contribution in [0.25, 0.3) is 0 Å². The number of likely N-dealkylation sites (tertiary alicyclic amines) is 2. The lowest BCUT2D eigenvalue weighted by molar-refractivity contribution is -0.138. The van der Waals surface area contributed by atoms with E-state index < -0.39 is 0 Å². The maximum Gasteiger partial charge on any atom is 0.255 e. The molecule has 2 aliphatic rings. The van der Waals surface area contributed by atoms with Crippen molar-refractivity contribution in [3.05, 3.63) is 29.8 Å². The third-order valence-electron chi connectivity index (χ3n) is 5.34. The van der Waals surface area contributed by atoms with Crippen LogP contribution in [0.1, 0.15) is 43.0 Å². The Balaban J connectivity index is 1.65. The Morgan fingerprint density at radius 2 is 1.75 bits per heavy atom. The van der Waals surface area contributed by atoms with Crippen LogP contribution in [0.15, 0.2) is 24.3 Å². The minimum Gasteiger partial charge on any atom is -0.398 e. The number of nitrogen functional groups attached to an aromatic ring is 1. The van der Waals surface area contributed by atoms with Crippen LogP contribution in [0.4, 0.5) is 5.69 Å². The van der Waals surface area contributed by atoms with Gasteiger partial charge in [0.15, 0.2) is 0 Å². The number of piperidine rings is 2. The van der Waals surface area contributed by atoms with Gasteiger partial charge in [-0.3, -0.25) is 9.59 Å². The highest BCUT2D eigenvalue weighted by Crippen LogP contribution is 2.24. The molecule has 5 heteroatoms. The lowest BCUT2D eigenvalue weighted by Gasteiger charge is -2.37. The van der Waals surface area contributed by atoms with Crippen molar-refractivity contribution >= 4 is 17.5 Å². The zero-order valence-electron chi connectivity index (χ0n) is 14.4. The van der Waals surface area contributed by atoms with E-state index in [0.717, 1.165) is 38.8 Å². The van der Waals surface area contributed by atoms with E-state index in [0.29, 0.717) is 30.3 Å². The van der Waals surface area contributed by atoms with Crippen molar-refractivity contribution in [3.8, 4) is 0 Å². The van der Waals surface area contributed by atoms with Crippen LogP contribution in [-0.2, 0) is 4.79 Å². The van der Waals surface area contributed by atoms with Crippen LogP contribution in [-0.4, -0.2) is 47.8 Å². The minimum atomic E-state index is -0.0685. The molecule has 1 aromatic rings. The van der Waals surface area contributed by atoms with Gasteiger partial charge in [-0.15, -0.1) is 0 Å². The summed E-state index contributed by atoms with van der Waals surface area (Å²) in [6, 6.07) is 7.15. The van der Waals surface area contributed by atoms with E-state index in [1.54, 1.807) is 17.0 Å². The summed E-state index contributed by atoms with van der Waals surface area (Å²) < 4.78 is 0. The van der Waals surface area contributed by atoms with E-state index in [2.05, 4.69) is 6.92 Å². The highest BCUT2D eigenvalue weighted by molar-refractivity contribution is 5.99. The molecule has 24 heavy (non-hydrogen) atoms. The quantitative estimate of drug-likeness (QED) is 0.847. The fourth-order valence-corrected chi connectivity index (χ4v) is 3.71. The number of rotatable bonds is 2. The van der Waals surface area contributed by atoms with Crippen molar-refractivity contribution in [1.82, 2.24) is 9.80 Å². The van der Waals surface area contributed by atoms with E-state index in [1.165, 1.54) is 0 Å². The van der Waals surface area contributed by atoms with E-state index in [-0.39, 0.29) is 17.7 Å². The molecule has 0 aliphatic carbocycles. The zero-order valence-corrected chi connectivity index (χ0v) is 14.4. The Hall–Kier alpha value is -2.04. The molecule has 1 atom stereocenters. The fraction of sp³-hybridized carbons (Fsp3) is 0.579. The van der Waals surface area contributed by atoms with Gasteiger partial charge in [0.2, 0.25) is 5.91 Å². The van der Waals surface area contributed by atoms with E-state index >= 15 is 0 Å². The van der Waals surface area contributed by atoms with Gasteiger partial charge in [0.25, 0.3) is 5.91 Å². The first-order valence-corrected chi connectivity index (χ1v) is 8.99. The second kappa shape index (κ2) is 7.24. The number of hydrogen-bond donors (Lipinski definition) is 1. The summed E-state index contributed by atoms with van der Waals surface area (Å²) in [5.74, 6) is 0.805. The monoisotopic (exact) mass is 329 g/mol. The lowest BCUT2D eigenvalue weighted by atomic mass is 9.93. The molecule has 130 valence electrons. The molecule has 1 aromatic carbocycles. The summed E-state index contributed by atoms with van der Waals surface area (Å²) in [7, 11) is 0. The Bertz CT molecular complexity index is 608. The molecule has 0 radical (unpaired) electrons. The topological polar surface area (TPSA) is 66.6 Å². The highest BCUT2D eigenvalue weighted by Gasteiger charge is 2.33. The van der Waals surface area contributed by atoms with Gasteiger partial charge >= 0.3 is 0 Å². The van der Waals surface area contributed by atoms with Crippen molar-refractivity contribution in [1.29, 1.82) is 0 Å². The Morgan fingerprint density at radius 3 is 2.46 bits per heavy atom. The normalized spacial score (nSPS) is 22.5. The summed E-state index contributed by atoms with van der Waals surface area (Å²) in [5, 5.41) is 0. The van der Waals surface area contributed by atoms with Crippen molar-refractivity contribution < 1.29 is 9.59 Å². The van der Waals surface area contributed by atoms with Crippen molar-refractivity contribution in [2.45, 2.75) is 32.6 Å². The van der Waals surface area contributed by atoms with Crippen LogP contribution < -0.4 is 5.73 Å². The third kappa shape index (κ3) is 3.55. The van der Waals surface area contributed by atoms with Gasteiger partial charge in [-0.25, -0.2) is 0 Å². The largest absolute Gasteiger partial charge is 0.398 e. The number of hydrogen-bond acceptors (Lipinski definition) is 3. The van der Waals surface area contributed by atoms with E-state index in [1.807, 2.05) is 17.0 Å². The second-order valence-electron chi connectivity index (χ2n) is 7.19. The molecule has 2 heterocycles. The van der Waals surface area contributed by atoms with Crippen LogP contribution in [0.2, 0.25) is 0 Å². The number of nitrogens with two attached hydrogens (primary N) is 1. The number of amides is 2. The van der Waals surface area contributed by atoms with E-state index in [9.17, 15) is 9.59 Å². The van der Waals surface area contributed by atoms with Gasteiger partial charge in [-0.05, 0) is 43.7 Å². The molecule has 2 fully saturated rings. The van der Waals surface area contributed by atoms with Gasteiger partial charge in [0, 0.05) is 31.9 Å². The molecule has 0 unspecified atom stereocenters. The summed E-state index contributed by atoms with van der Waals surface area (Å²) >= 11 is 0. The van der Waals surface area contributed by atoms with Crippen molar-refractivity contribution in [3.63, 3.8) is 0 Å². The molecule has 0 spiro atoms. The third-order valence-corrected chi connectivity index (χ3v) is 5.34. The molecule has 0 saturated carbocycles. The van der Waals surface area contributed by atoms with Gasteiger partial charge in [0.1, 0.15) is 0 Å².